The molecule has 37 heavy (non-hydrogen) atoms. The third kappa shape index (κ3) is 5.74. The molecule has 0 bridgehead atoms. The molecule has 0 atom stereocenters. The smallest absolute Gasteiger partial charge is 0.193 e. The van der Waals surface area contributed by atoms with Crippen LogP contribution in [0, 0.1) is 0 Å². The van der Waals surface area contributed by atoms with Crippen LogP contribution in [0.3, 0.4) is 0 Å². The fraction of sp³-hybridized carbons (Fsp3) is 0.207. The molecule has 186 valence electrons. The Hall–Kier alpha value is -3.94. The zero-order valence-electron chi connectivity index (χ0n) is 20.1. The van der Waals surface area contributed by atoms with Crippen LogP contribution < -0.4 is 15.5 Å². The molecule has 0 amide bonds. The molecule has 0 aliphatic heterocycles. The first-order chi connectivity index (χ1) is 18.1. The molecule has 8 heteroatoms. The largest absolute Gasteiger partial charge is 0.487 e. The Morgan fingerprint density at radius 3 is 2.57 bits per heavy atom. The van der Waals surface area contributed by atoms with E-state index >= 15 is 0 Å². The van der Waals surface area contributed by atoms with Gasteiger partial charge >= 0.3 is 0 Å². The lowest BCUT2D eigenvalue weighted by atomic mass is 10.1. The van der Waals surface area contributed by atoms with E-state index < -0.39 is 0 Å². The number of fused-ring (bicyclic) bond motifs is 1. The molecule has 1 fully saturated rings. The molecular weight excluding hydrogens is 488 g/mol. The van der Waals surface area contributed by atoms with Crippen molar-refractivity contribution in [1.82, 2.24) is 20.3 Å². The highest BCUT2D eigenvalue weighted by Crippen LogP contribution is 2.24. The second kappa shape index (κ2) is 10.2. The summed E-state index contributed by atoms with van der Waals surface area (Å²) in [5.41, 5.74) is 4.12. The molecule has 2 aromatic heterocycles. The second-order valence-electron chi connectivity index (χ2n) is 9.31. The third-order valence-electron chi connectivity index (χ3n) is 6.33. The van der Waals surface area contributed by atoms with Crippen molar-refractivity contribution in [3.05, 3.63) is 111 Å². The van der Waals surface area contributed by atoms with Crippen LogP contribution in [0.25, 0.3) is 22.3 Å². The third-order valence-corrected chi connectivity index (χ3v) is 6.59. The number of hydrogen-bond donors (Lipinski definition) is 1. The maximum Gasteiger partial charge on any atom is 0.193 e. The maximum atomic E-state index is 12.8. The highest BCUT2D eigenvalue weighted by atomic mass is 35.5. The van der Waals surface area contributed by atoms with Gasteiger partial charge in [-0.1, -0.05) is 35.0 Å². The number of hydrogen-bond acceptors (Lipinski definition) is 6. The molecule has 0 unspecified atom stereocenters. The summed E-state index contributed by atoms with van der Waals surface area (Å²) in [6.07, 6.45) is 4.42. The summed E-state index contributed by atoms with van der Waals surface area (Å²) in [7, 11) is 0. The molecule has 6 rings (SSSR count). The van der Waals surface area contributed by atoms with Gasteiger partial charge in [0, 0.05) is 29.2 Å². The van der Waals surface area contributed by atoms with Gasteiger partial charge in [-0.05, 0) is 72.5 Å². The molecule has 0 saturated heterocycles. The van der Waals surface area contributed by atoms with E-state index in [9.17, 15) is 4.79 Å². The van der Waals surface area contributed by atoms with Gasteiger partial charge in [0.15, 0.2) is 5.43 Å². The summed E-state index contributed by atoms with van der Waals surface area (Å²) < 4.78 is 13.6. The minimum absolute atomic E-state index is 0.102. The molecule has 0 radical (unpaired) electrons. The molecule has 1 saturated carbocycles. The predicted molar refractivity (Wildman–Crippen MR) is 143 cm³/mol. The number of nitrogens with zero attached hydrogens (tertiary/aromatic N) is 3. The highest BCUT2D eigenvalue weighted by Gasteiger charge is 2.19. The van der Waals surface area contributed by atoms with Crippen LogP contribution in [0.5, 0.6) is 5.75 Å². The minimum Gasteiger partial charge on any atom is -0.487 e. The monoisotopic (exact) mass is 512 g/mol. The first-order valence-corrected chi connectivity index (χ1v) is 12.6. The maximum absolute atomic E-state index is 12.8. The average Bonchev–Trinajstić information content (AvgIpc) is 3.65. The lowest BCUT2D eigenvalue weighted by molar-refractivity contribution is 0.301. The molecule has 5 aromatic rings. The van der Waals surface area contributed by atoms with Crippen LogP contribution in [0.2, 0.25) is 5.02 Å². The van der Waals surface area contributed by atoms with Crippen molar-refractivity contribution in [2.24, 2.45) is 0 Å². The Morgan fingerprint density at radius 2 is 1.78 bits per heavy atom. The van der Waals surface area contributed by atoms with Gasteiger partial charge in [0.05, 0.1) is 18.1 Å². The summed E-state index contributed by atoms with van der Waals surface area (Å²) in [6, 6.07) is 23.1. The summed E-state index contributed by atoms with van der Waals surface area (Å²) in [5, 5.41) is 13.1. The van der Waals surface area contributed by atoms with E-state index in [1.165, 1.54) is 24.5 Å². The van der Waals surface area contributed by atoms with E-state index in [-0.39, 0.29) is 5.43 Å². The topological polar surface area (TPSA) is 82.2 Å². The summed E-state index contributed by atoms with van der Waals surface area (Å²) in [5.74, 6) is 1.30. The number of halogens is 1. The zero-order chi connectivity index (χ0) is 25.2. The summed E-state index contributed by atoms with van der Waals surface area (Å²) in [6.45, 7) is 1.69. The Balaban J connectivity index is 1.09. The first-order valence-electron chi connectivity index (χ1n) is 12.3. The standard InChI is InChI=1S/C29H25ClN4O3/c30-22-6-4-21(5-7-22)29-14-27(35)26-13-20(3-12-28(26)37-29)16-34-17-24(32-33-34)18-36-25-10-1-19(2-11-25)15-31-23-8-9-23/h1-7,10-14,17,23,31H,8-9,15-16,18H2. The van der Waals surface area contributed by atoms with E-state index in [0.717, 1.165) is 29.1 Å². The van der Waals surface area contributed by atoms with Crippen molar-refractivity contribution in [3.63, 3.8) is 0 Å². The Labute approximate surface area is 218 Å². The summed E-state index contributed by atoms with van der Waals surface area (Å²) in [4.78, 5) is 12.8. The molecule has 1 N–H and O–H groups in total. The number of nitrogens with one attached hydrogen (secondary N) is 1. The number of benzene rings is 3. The zero-order valence-corrected chi connectivity index (χ0v) is 20.8. The van der Waals surface area contributed by atoms with Crippen LogP contribution >= 0.6 is 11.6 Å². The molecule has 1 aliphatic rings. The van der Waals surface area contributed by atoms with Crippen molar-refractivity contribution < 1.29 is 9.15 Å². The van der Waals surface area contributed by atoms with Crippen LogP contribution in [0.4, 0.5) is 0 Å². The first kappa shape index (κ1) is 23.5. The van der Waals surface area contributed by atoms with E-state index in [4.69, 9.17) is 20.8 Å². The van der Waals surface area contributed by atoms with Crippen molar-refractivity contribution in [2.45, 2.75) is 38.6 Å². The van der Waals surface area contributed by atoms with Gasteiger partial charge in [0.1, 0.15) is 29.4 Å². The normalized spacial score (nSPS) is 13.2. The fourth-order valence-electron chi connectivity index (χ4n) is 4.14. The lowest BCUT2D eigenvalue weighted by Crippen LogP contribution is -2.15. The van der Waals surface area contributed by atoms with Gasteiger partial charge in [0.25, 0.3) is 0 Å². The number of ether oxygens (including phenoxy) is 1. The molecule has 7 nitrogen and oxygen atoms in total. The van der Waals surface area contributed by atoms with Gasteiger partial charge in [-0.25, -0.2) is 4.68 Å². The van der Waals surface area contributed by atoms with Crippen LogP contribution in [0.1, 0.15) is 29.7 Å². The molecule has 2 heterocycles. The van der Waals surface area contributed by atoms with E-state index in [0.29, 0.717) is 40.9 Å². The van der Waals surface area contributed by atoms with Gasteiger partial charge in [-0.3, -0.25) is 4.79 Å². The Bertz CT molecular complexity index is 1590. The summed E-state index contributed by atoms with van der Waals surface area (Å²) >= 11 is 5.97. The van der Waals surface area contributed by atoms with E-state index in [2.05, 4.69) is 27.8 Å². The van der Waals surface area contributed by atoms with Gasteiger partial charge in [0.2, 0.25) is 0 Å². The molecule has 0 spiro atoms. The van der Waals surface area contributed by atoms with Crippen molar-refractivity contribution in [2.75, 3.05) is 0 Å². The van der Waals surface area contributed by atoms with E-state index in [1.54, 1.807) is 16.8 Å². The minimum atomic E-state index is -0.102. The van der Waals surface area contributed by atoms with Crippen LogP contribution in [-0.4, -0.2) is 21.0 Å². The molecule has 3 aromatic carbocycles. The fourth-order valence-corrected chi connectivity index (χ4v) is 4.26. The van der Waals surface area contributed by atoms with Crippen LogP contribution in [-0.2, 0) is 19.7 Å². The van der Waals surface area contributed by atoms with Gasteiger partial charge in [-0.15, -0.1) is 5.10 Å². The van der Waals surface area contributed by atoms with Gasteiger partial charge < -0.3 is 14.5 Å². The average molecular weight is 513 g/mol. The Kier molecular flexibility index (Phi) is 6.47. The lowest BCUT2D eigenvalue weighted by Gasteiger charge is -2.07. The number of aromatic nitrogens is 3. The van der Waals surface area contributed by atoms with Gasteiger partial charge in [-0.2, -0.15) is 0 Å². The van der Waals surface area contributed by atoms with Crippen LogP contribution in [0.15, 0.2) is 88.2 Å². The Morgan fingerprint density at radius 1 is 1.00 bits per heavy atom. The number of rotatable bonds is 9. The van der Waals surface area contributed by atoms with Crippen molar-refractivity contribution in [3.8, 4) is 17.1 Å². The molecule has 1 aliphatic carbocycles. The SMILES string of the molecule is O=c1cc(-c2ccc(Cl)cc2)oc2ccc(Cn3cc(COc4ccc(CNC5CC5)cc4)nn3)cc12. The van der Waals surface area contributed by atoms with E-state index in [1.807, 2.05) is 48.7 Å². The highest BCUT2D eigenvalue weighted by molar-refractivity contribution is 6.30. The second-order valence-corrected chi connectivity index (χ2v) is 9.74. The van der Waals surface area contributed by atoms with Crippen molar-refractivity contribution in [1.29, 1.82) is 0 Å². The predicted octanol–water partition coefficient (Wildman–Crippen LogP) is 5.58. The molecular formula is C29H25ClN4O3. The quantitative estimate of drug-likeness (QED) is 0.277. The van der Waals surface area contributed by atoms with Crippen molar-refractivity contribution >= 4 is 22.6 Å².